The molecule has 7 heteroatoms. The number of amides is 1. The Kier molecular flexibility index (Phi) is 7.61. The van der Waals surface area contributed by atoms with E-state index in [1.54, 1.807) is 38.5 Å². The van der Waals surface area contributed by atoms with Gasteiger partial charge in [-0.3, -0.25) is 9.69 Å². The van der Waals surface area contributed by atoms with Gasteiger partial charge in [-0.25, -0.2) is 0 Å². The van der Waals surface area contributed by atoms with Crippen LogP contribution >= 0.6 is 11.6 Å². The molecule has 1 N–H and O–H groups in total. The molecule has 2 aromatic carbocycles. The molecule has 2 aromatic rings. The summed E-state index contributed by atoms with van der Waals surface area (Å²) in [6.07, 6.45) is 2.02. The second-order valence-corrected chi connectivity index (χ2v) is 7.33. The summed E-state index contributed by atoms with van der Waals surface area (Å²) in [6.45, 7) is 2.06. The van der Waals surface area contributed by atoms with Crippen LogP contribution in [0.1, 0.15) is 24.4 Å². The van der Waals surface area contributed by atoms with Crippen LogP contribution in [0, 0.1) is 0 Å². The number of halogens is 1. The molecular formula is C22H27ClN2O4. The fourth-order valence-electron chi connectivity index (χ4n) is 3.60. The van der Waals surface area contributed by atoms with Crippen LogP contribution < -0.4 is 19.5 Å². The SMILES string of the molecule is COc1ccc(OC)c(C2CCCN2CC(=O)NCCOc2ccc(Cl)cc2)c1. The highest BCUT2D eigenvalue weighted by Crippen LogP contribution is 2.38. The zero-order valence-electron chi connectivity index (χ0n) is 16.8. The van der Waals surface area contributed by atoms with Crippen LogP contribution in [0.25, 0.3) is 0 Å². The van der Waals surface area contributed by atoms with Gasteiger partial charge in [0.05, 0.1) is 27.3 Å². The molecular weight excluding hydrogens is 392 g/mol. The molecule has 0 aromatic heterocycles. The predicted molar refractivity (Wildman–Crippen MR) is 113 cm³/mol. The summed E-state index contributed by atoms with van der Waals surface area (Å²) in [7, 11) is 3.32. The van der Waals surface area contributed by atoms with E-state index >= 15 is 0 Å². The molecule has 1 saturated heterocycles. The zero-order valence-corrected chi connectivity index (χ0v) is 17.6. The Labute approximate surface area is 176 Å². The lowest BCUT2D eigenvalue weighted by atomic mass is 10.0. The fourth-order valence-corrected chi connectivity index (χ4v) is 3.72. The van der Waals surface area contributed by atoms with Crippen molar-refractivity contribution in [3.05, 3.63) is 53.1 Å². The Balaban J connectivity index is 1.51. The Hall–Kier alpha value is -2.44. The number of hydrogen-bond acceptors (Lipinski definition) is 5. The Morgan fingerprint density at radius 2 is 1.90 bits per heavy atom. The van der Waals surface area contributed by atoms with Gasteiger partial charge in [-0.2, -0.15) is 0 Å². The van der Waals surface area contributed by atoms with Crippen LogP contribution in [-0.2, 0) is 4.79 Å². The molecule has 1 atom stereocenters. The average Bonchev–Trinajstić information content (AvgIpc) is 3.19. The molecule has 29 heavy (non-hydrogen) atoms. The van der Waals surface area contributed by atoms with Crippen molar-refractivity contribution in [1.29, 1.82) is 0 Å². The summed E-state index contributed by atoms with van der Waals surface area (Å²) in [6, 6.07) is 13.1. The third-order valence-electron chi connectivity index (χ3n) is 5.01. The average molecular weight is 419 g/mol. The summed E-state index contributed by atoms with van der Waals surface area (Å²) in [5, 5.41) is 3.59. The van der Waals surface area contributed by atoms with Gasteiger partial charge in [0.2, 0.25) is 5.91 Å². The molecule has 0 saturated carbocycles. The number of nitrogens with one attached hydrogen (secondary N) is 1. The highest BCUT2D eigenvalue weighted by atomic mass is 35.5. The number of carbonyl (C=O) groups is 1. The molecule has 0 radical (unpaired) electrons. The van der Waals surface area contributed by atoms with E-state index < -0.39 is 0 Å². The number of hydrogen-bond donors (Lipinski definition) is 1. The van der Waals surface area contributed by atoms with Crippen molar-refractivity contribution in [3.63, 3.8) is 0 Å². The van der Waals surface area contributed by atoms with Gasteiger partial charge < -0.3 is 19.5 Å². The Morgan fingerprint density at radius 3 is 2.62 bits per heavy atom. The quantitative estimate of drug-likeness (QED) is 0.629. The summed E-state index contributed by atoms with van der Waals surface area (Å²) >= 11 is 5.86. The van der Waals surface area contributed by atoms with Gasteiger partial charge >= 0.3 is 0 Å². The topological polar surface area (TPSA) is 60.0 Å². The number of benzene rings is 2. The molecule has 0 bridgehead atoms. The number of rotatable bonds is 9. The molecule has 1 aliphatic rings. The van der Waals surface area contributed by atoms with E-state index in [9.17, 15) is 4.79 Å². The van der Waals surface area contributed by atoms with E-state index in [0.29, 0.717) is 24.7 Å². The minimum Gasteiger partial charge on any atom is -0.497 e. The van der Waals surface area contributed by atoms with Crippen molar-refractivity contribution in [1.82, 2.24) is 10.2 Å². The highest BCUT2D eigenvalue weighted by molar-refractivity contribution is 6.30. The number of methoxy groups -OCH3 is 2. The van der Waals surface area contributed by atoms with E-state index in [-0.39, 0.29) is 11.9 Å². The molecule has 0 spiro atoms. The minimum absolute atomic E-state index is 0.0153. The van der Waals surface area contributed by atoms with Gasteiger partial charge in [-0.15, -0.1) is 0 Å². The van der Waals surface area contributed by atoms with Gasteiger partial charge in [-0.1, -0.05) is 11.6 Å². The highest BCUT2D eigenvalue weighted by Gasteiger charge is 2.30. The fraction of sp³-hybridized carbons (Fsp3) is 0.409. The second-order valence-electron chi connectivity index (χ2n) is 6.89. The lowest BCUT2D eigenvalue weighted by molar-refractivity contribution is -0.122. The number of ether oxygens (including phenoxy) is 3. The van der Waals surface area contributed by atoms with E-state index in [2.05, 4.69) is 10.2 Å². The monoisotopic (exact) mass is 418 g/mol. The molecule has 1 amide bonds. The number of likely N-dealkylation sites (tertiary alicyclic amines) is 1. The van der Waals surface area contributed by atoms with Crippen molar-refractivity contribution < 1.29 is 19.0 Å². The van der Waals surface area contributed by atoms with Crippen LogP contribution in [0.4, 0.5) is 0 Å². The molecule has 1 fully saturated rings. The Morgan fingerprint density at radius 1 is 1.14 bits per heavy atom. The lowest BCUT2D eigenvalue weighted by Crippen LogP contribution is -2.38. The van der Waals surface area contributed by atoms with Crippen LogP contribution in [0.2, 0.25) is 5.02 Å². The van der Waals surface area contributed by atoms with Crippen LogP contribution in [0.3, 0.4) is 0 Å². The minimum atomic E-state index is -0.0153. The maximum atomic E-state index is 12.4. The molecule has 1 heterocycles. The van der Waals surface area contributed by atoms with Crippen molar-refractivity contribution in [2.24, 2.45) is 0 Å². The largest absolute Gasteiger partial charge is 0.497 e. The van der Waals surface area contributed by atoms with Crippen molar-refractivity contribution >= 4 is 17.5 Å². The molecule has 3 rings (SSSR count). The maximum absolute atomic E-state index is 12.4. The van der Waals surface area contributed by atoms with E-state index in [4.69, 9.17) is 25.8 Å². The summed E-state index contributed by atoms with van der Waals surface area (Å²) in [5.41, 5.74) is 1.06. The van der Waals surface area contributed by atoms with Crippen molar-refractivity contribution in [2.45, 2.75) is 18.9 Å². The first-order chi connectivity index (χ1) is 14.1. The second kappa shape index (κ2) is 10.4. The van der Waals surface area contributed by atoms with Gasteiger partial charge in [0.15, 0.2) is 0 Å². The molecule has 1 unspecified atom stereocenters. The van der Waals surface area contributed by atoms with E-state index in [1.807, 2.05) is 18.2 Å². The normalized spacial score (nSPS) is 16.4. The van der Waals surface area contributed by atoms with Crippen LogP contribution in [0.15, 0.2) is 42.5 Å². The van der Waals surface area contributed by atoms with Gasteiger partial charge in [-0.05, 0) is 61.9 Å². The van der Waals surface area contributed by atoms with E-state index in [1.165, 1.54) is 0 Å². The first-order valence-corrected chi connectivity index (χ1v) is 10.1. The molecule has 1 aliphatic heterocycles. The molecule has 6 nitrogen and oxygen atoms in total. The predicted octanol–water partition coefficient (Wildman–Crippen LogP) is 3.69. The standard InChI is InChI=1S/C22H27ClN2O4/c1-27-18-9-10-21(28-2)19(14-18)20-4-3-12-25(20)15-22(26)24-11-13-29-17-7-5-16(23)6-8-17/h5-10,14,20H,3-4,11-13,15H2,1-2H3,(H,24,26). The van der Waals surface area contributed by atoms with Gasteiger partial charge in [0, 0.05) is 16.6 Å². The lowest BCUT2D eigenvalue weighted by Gasteiger charge is -2.26. The number of carbonyl (C=O) groups excluding carboxylic acids is 1. The third-order valence-corrected chi connectivity index (χ3v) is 5.26. The first kappa shape index (κ1) is 21.3. The summed E-state index contributed by atoms with van der Waals surface area (Å²) in [4.78, 5) is 14.6. The molecule has 0 aliphatic carbocycles. The first-order valence-electron chi connectivity index (χ1n) is 9.71. The van der Waals surface area contributed by atoms with Crippen molar-refractivity contribution in [3.8, 4) is 17.2 Å². The summed E-state index contributed by atoms with van der Waals surface area (Å²) < 4.78 is 16.5. The van der Waals surface area contributed by atoms with E-state index in [0.717, 1.165) is 42.2 Å². The van der Waals surface area contributed by atoms with Crippen LogP contribution in [-0.4, -0.2) is 51.3 Å². The zero-order chi connectivity index (χ0) is 20.6. The van der Waals surface area contributed by atoms with Gasteiger partial charge in [0.25, 0.3) is 0 Å². The third kappa shape index (κ3) is 5.78. The molecule has 156 valence electrons. The maximum Gasteiger partial charge on any atom is 0.234 e. The smallest absolute Gasteiger partial charge is 0.234 e. The van der Waals surface area contributed by atoms with Crippen LogP contribution in [0.5, 0.6) is 17.2 Å². The Bertz CT molecular complexity index is 813. The number of nitrogens with zero attached hydrogens (tertiary/aromatic N) is 1. The summed E-state index contributed by atoms with van der Waals surface area (Å²) in [5.74, 6) is 2.32. The van der Waals surface area contributed by atoms with Crippen molar-refractivity contribution in [2.75, 3.05) is 40.5 Å². The van der Waals surface area contributed by atoms with Gasteiger partial charge in [0.1, 0.15) is 23.9 Å².